The fraction of sp³-hybridized carbons (Fsp3) is 0.211. The molecule has 0 fully saturated rings. The standard InChI is InChI=1S/C19H17F4NO3/c1-12(13-5-3-2-4-6-13)24-17(25)10-8-14-7-9-15(26-18(20)21)11-16(14)27-19(22)23/h2-12,18-19H,1H3,(H,24,25)/b10-8+/t12-/m1/s1. The molecule has 0 aliphatic carbocycles. The van der Waals surface area contributed by atoms with Gasteiger partial charge < -0.3 is 14.8 Å². The maximum atomic E-state index is 12.5. The van der Waals surface area contributed by atoms with Gasteiger partial charge in [0, 0.05) is 17.7 Å². The Hall–Kier alpha value is -3.03. The van der Waals surface area contributed by atoms with Crippen LogP contribution in [0.5, 0.6) is 11.5 Å². The Morgan fingerprint density at radius 3 is 2.30 bits per heavy atom. The van der Waals surface area contributed by atoms with E-state index >= 15 is 0 Å². The number of benzene rings is 2. The molecule has 144 valence electrons. The zero-order chi connectivity index (χ0) is 19.8. The molecule has 27 heavy (non-hydrogen) atoms. The van der Waals surface area contributed by atoms with Crippen molar-refractivity contribution in [3.8, 4) is 11.5 Å². The molecule has 4 nitrogen and oxygen atoms in total. The lowest BCUT2D eigenvalue weighted by Crippen LogP contribution is -2.24. The Morgan fingerprint density at radius 1 is 1.00 bits per heavy atom. The molecule has 2 aromatic rings. The molecule has 8 heteroatoms. The molecule has 0 saturated heterocycles. The summed E-state index contributed by atoms with van der Waals surface area (Å²) in [5, 5.41) is 2.73. The summed E-state index contributed by atoms with van der Waals surface area (Å²) in [5.74, 6) is -1.18. The van der Waals surface area contributed by atoms with E-state index in [0.717, 1.165) is 23.8 Å². The summed E-state index contributed by atoms with van der Waals surface area (Å²) in [6.07, 6.45) is 2.39. The van der Waals surface area contributed by atoms with Gasteiger partial charge in [0.05, 0.1) is 6.04 Å². The summed E-state index contributed by atoms with van der Waals surface area (Å²) < 4.78 is 58.0. The highest BCUT2D eigenvalue weighted by molar-refractivity contribution is 5.92. The van der Waals surface area contributed by atoms with Gasteiger partial charge in [-0.15, -0.1) is 0 Å². The van der Waals surface area contributed by atoms with E-state index in [9.17, 15) is 22.4 Å². The van der Waals surface area contributed by atoms with Gasteiger partial charge in [0.2, 0.25) is 5.91 Å². The van der Waals surface area contributed by atoms with Crippen LogP contribution >= 0.6 is 0 Å². The Balaban J connectivity index is 2.10. The molecule has 1 amide bonds. The third-order valence-electron chi connectivity index (χ3n) is 3.50. The van der Waals surface area contributed by atoms with Crippen LogP contribution in [-0.4, -0.2) is 19.1 Å². The molecule has 0 heterocycles. The predicted octanol–water partition coefficient (Wildman–Crippen LogP) is 4.78. The van der Waals surface area contributed by atoms with Crippen LogP contribution in [0.4, 0.5) is 17.6 Å². The van der Waals surface area contributed by atoms with E-state index in [-0.39, 0.29) is 23.1 Å². The Bertz CT molecular complexity index is 782. The van der Waals surface area contributed by atoms with Crippen molar-refractivity contribution < 1.29 is 31.8 Å². The number of carbonyl (C=O) groups excluding carboxylic acids is 1. The Morgan fingerprint density at radius 2 is 1.67 bits per heavy atom. The zero-order valence-electron chi connectivity index (χ0n) is 14.2. The van der Waals surface area contributed by atoms with Crippen LogP contribution in [0, 0.1) is 0 Å². The van der Waals surface area contributed by atoms with Crippen molar-refractivity contribution in [2.24, 2.45) is 0 Å². The maximum absolute atomic E-state index is 12.5. The number of hydrogen-bond donors (Lipinski definition) is 1. The van der Waals surface area contributed by atoms with Gasteiger partial charge in [-0.05, 0) is 30.7 Å². The van der Waals surface area contributed by atoms with Crippen molar-refractivity contribution in [3.63, 3.8) is 0 Å². The summed E-state index contributed by atoms with van der Waals surface area (Å²) in [6.45, 7) is -4.47. The highest BCUT2D eigenvalue weighted by atomic mass is 19.3. The first-order valence-electron chi connectivity index (χ1n) is 7.92. The van der Waals surface area contributed by atoms with Crippen molar-refractivity contribution in [1.82, 2.24) is 5.32 Å². The quantitative estimate of drug-likeness (QED) is 0.527. The molecule has 0 spiro atoms. The van der Waals surface area contributed by atoms with Gasteiger partial charge >= 0.3 is 13.2 Å². The van der Waals surface area contributed by atoms with E-state index in [4.69, 9.17) is 0 Å². The Labute approximate surface area is 153 Å². The summed E-state index contributed by atoms with van der Waals surface area (Å²) in [7, 11) is 0. The third kappa shape index (κ3) is 6.65. The maximum Gasteiger partial charge on any atom is 0.387 e. The van der Waals surface area contributed by atoms with Gasteiger partial charge in [0.15, 0.2) is 0 Å². The molecule has 2 aromatic carbocycles. The number of alkyl halides is 4. The highest BCUT2D eigenvalue weighted by Gasteiger charge is 2.13. The minimum atomic E-state index is -3.16. The van der Waals surface area contributed by atoms with E-state index in [1.165, 1.54) is 12.1 Å². The third-order valence-corrected chi connectivity index (χ3v) is 3.50. The lowest BCUT2D eigenvalue weighted by Gasteiger charge is -2.13. The van der Waals surface area contributed by atoms with Crippen LogP contribution in [0.3, 0.4) is 0 Å². The van der Waals surface area contributed by atoms with Gasteiger partial charge in [0.25, 0.3) is 0 Å². The molecule has 0 radical (unpaired) electrons. The normalized spacial score (nSPS) is 12.4. The molecule has 0 aliphatic heterocycles. The molecule has 0 saturated carbocycles. The van der Waals surface area contributed by atoms with E-state index in [2.05, 4.69) is 14.8 Å². The average molecular weight is 383 g/mol. The summed E-state index contributed by atoms with van der Waals surface area (Å²) in [4.78, 5) is 12.0. The molecule has 1 atom stereocenters. The first-order chi connectivity index (χ1) is 12.8. The van der Waals surface area contributed by atoms with Gasteiger partial charge in [-0.25, -0.2) is 0 Å². The molecule has 0 unspecified atom stereocenters. The average Bonchev–Trinajstić information content (AvgIpc) is 2.60. The monoisotopic (exact) mass is 383 g/mol. The topological polar surface area (TPSA) is 47.6 Å². The van der Waals surface area contributed by atoms with Crippen LogP contribution in [-0.2, 0) is 4.79 Å². The first kappa shape index (κ1) is 20.3. The first-order valence-corrected chi connectivity index (χ1v) is 7.92. The number of ether oxygens (including phenoxy) is 2. The van der Waals surface area contributed by atoms with Crippen molar-refractivity contribution >= 4 is 12.0 Å². The number of hydrogen-bond acceptors (Lipinski definition) is 3. The van der Waals surface area contributed by atoms with E-state index in [0.29, 0.717) is 0 Å². The van der Waals surface area contributed by atoms with Crippen LogP contribution in [0.15, 0.2) is 54.6 Å². The van der Waals surface area contributed by atoms with Crippen molar-refractivity contribution in [1.29, 1.82) is 0 Å². The van der Waals surface area contributed by atoms with Crippen molar-refractivity contribution in [3.05, 3.63) is 65.7 Å². The second-order valence-electron chi connectivity index (χ2n) is 5.43. The second kappa shape index (κ2) is 9.61. The molecular formula is C19H17F4NO3. The van der Waals surface area contributed by atoms with E-state index in [1.807, 2.05) is 30.3 Å². The van der Waals surface area contributed by atoms with E-state index < -0.39 is 19.1 Å². The molecule has 1 N–H and O–H groups in total. The highest BCUT2D eigenvalue weighted by Crippen LogP contribution is 2.28. The number of amides is 1. The van der Waals surface area contributed by atoms with Crippen LogP contribution in [0.2, 0.25) is 0 Å². The zero-order valence-corrected chi connectivity index (χ0v) is 14.2. The lowest BCUT2D eigenvalue weighted by atomic mass is 10.1. The van der Waals surface area contributed by atoms with Crippen LogP contribution in [0.1, 0.15) is 24.1 Å². The molecule has 2 rings (SSSR count). The SMILES string of the molecule is C[C@@H](NC(=O)/C=C/c1ccc(OC(F)F)cc1OC(F)F)c1ccccc1. The van der Waals surface area contributed by atoms with Crippen LogP contribution < -0.4 is 14.8 Å². The number of nitrogens with one attached hydrogen (secondary N) is 1. The molecule has 0 aromatic heterocycles. The summed E-state index contributed by atoms with van der Waals surface area (Å²) in [5.41, 5.74) is 1.01. The Kier molecular flexibility index (Phi) is 7.22. The minimum absolute atomic E-state index is 0.111. The lowest BCUT2D eigenvalue weighted by molar-refractivity contribution is -0.117. The van der Waals surface area contributed by atoms with Gasteiger partial charge in [-0.2, -0.15) is 17.6 Å². The smallest absolute Gasteiger partial charge is 0.387 e. The summed E-state index contributed by atoms with van der Waals surface area (Å²) in [6, 6.07) is 12.3. The van der Waals surface area contributed by atoms with E-state index in [1.54, 1.807) is 6.92 Å². The largest absolute Gasteiger partial charge is 0.435 e. The van der Waals surface area contributed by atoms with Crippen LogP contribution in [0.25, 0.3) is 6.08 Å². The fourth-order valence-electron chi connectivity index (χ4n) is 2.28. The number of halogens is 4. The molecular weight excluding hydrogens is 366 g/mol. The number of carbonyl (C=O) groups is 1. The number of rotatable bonds is 8. The van der Waals surface area contributed by atoms with Gasteiger partial charge in [-0.1, -0.05) is 30.3 Å². The minimum Gasteiger partial charge on any atom is -0.435 e. The second-order valence-corrected chi connectivity index (χ2v) is 5.43. The fourth-order valence-corrected chi connectivity index (χ4v) is 2.28. The molecule has 0 aliphatic rings. The predicted molar refractivity (Wildman–Crippen MR) is 91.7 cm³/mol. The van der Waals surface area contributed by atoms with Gasteiger partial charge in [0.1, 0.15) is 11.5 Å². The van der Waals surface area contributed by atoms with Gasteiger partial charge in [-0.3, -0.25) is 4.79 Å². The van der Waals surface area contributed by atoms with Crippen molar-refractivity contribution in [2.75, 3.05) is 0 Å². The summed E-state index contributed by atoms with van der Waals surface area (Å²) >= 11 is 0. The molecule has 0 bridgehead atoms. The van der Waals surface area contributed by atoms with Crippen molar-refractivity contribution in [2.45, 2.75) is 26.2 Å².